The molecule has 2 aromatic rings. The lowest BCUT2D eigenvalue weighted by Gasteiger charge is -2.12. The van der Waals surface area contributed by atoms with E-state index in [0.29, 0.717) is 23.2 Å². The second kappa shape index (κ2) is 10.0. The van der Waals surface area contributed by atoms with Crippen molar-refractivity contribution >= 4 is 39.5 Å². The summed E-state index contributed by atoms with van der Waals surface area (Å²) in [6.45, 7) is 3.18. The molecule has 0 saturated carbocycles. The lowest BCUT2D eigenvalue weighted by molar-refractivity contribution is -0.500. The summed E-state index contributed by atoms with van der Waals surface area (Å²) in [6.07, 6.45) is 1.78. The zero-order valence-electron chi connectivity index (χ0n) is 14.1. The smallest absolute Gasteiger partial charge is 0.223 e. The standard InChI is InChI=1S/C18H20BrN3O2S/c1-3-20-18(25)22-21-11-14-5-4-6-16(23-2)17(14)24-12-13-7-9-15(19)10-8-13/h4-11H,3,12H2,1-2H3,(H2,20,22,25)/p+1. The zero-order valence-corrected chi connectivity index (χ0v) is 16.5. The van der Waals surface area contributed by atoms with Crippen LogP contribution in [0.2, 0.25) is 0 Å². The Morgan fingerprint density at radius 2 is 2.00 bits per heavy atom. The first-order chi connectivity index (χ1) is 12.1. The van der Waals surface area contributed by atoms with Crippen LogP contribution in [0.15, 0.2) is 46.9 Å². The summed E-state index contributed by atoms with van der Waals surface area (Å²) in [5.74, 6) is 1.33. The number of hydrogen-bond acceptors (Lipinski definition) is 3. The van der Waals surface area contributed by atoms with Gasteiger partial charge in [0, 0.05) is 11.0 Å². The van der Waals surface area contributed by atoms with Gasteiger partial charge in [0.2, 0.25) is 11.3 Å². The fraction of sp³-hybridized carbons (Fsp3) is 0.222. The second-order valence-corrected chi connectivity index (χ2v) is 6.39. The number of nitrogens with one attached hydrogen (secondary N) is 3. The van der Waals surface area contributed by atoms with Crippen LogP contribution in [-0.2, 0) is 6.61 Å². The molecule has 25 heavy (non-hydrogen) atoms. The first kappa shape index (κ1) is 19.2. The van der Waals surface area contributed by atoms with Crippen molar-refractivity contribution < 1.29 is 14.6 Å². The summed E-state index contributed by atoms with van der Waals surface area (Å²) < 4.78 is 12.5. The summed E-state index contributed by atoms with van der Waals surface area (Å²) in [7, 11) is 1.62. The lowest BCUT2D eigenvalue weighted by Crippen LogP contribution is -2.82. The van der Waals surface area contributed by atoms with E-state index in [1.54, 1.807) is 13.3 Å². The second-order valence-electron chi connectivity index (χ2n) is 5.07. The van der Waals surface area contributed by atoms with Crippen molar-refractivity contribution in [2.45, 2.75) is 13.5 Å². The largest absolute Gasteiger partial charge is 0.493 e. The van der Waals surface area contributed by atoms with Crippen LogP contribution < -0.4 is 25.3 Å². The Bertz CT molecular complexity index is 736. The average molecular weight is 423 g/mol. The Labute approximate surface area is 161 Å². The molecule has 0 aliphatic rings. The minimum absolute atomic E-state index is 0.442. The number of thiocarbonyl (C=S) groups is 1. The molecule has 0 radical (unpaired) electrons. The number of ether oxygens (including phenoxy) is 2. The van der Waals surface area contributed by atoms with Gasteiger partial charge in [0.1, 0.15) is 6.61 Å². The number of para-hydroxylation sites is 1. The molecule has 0 saturated heterocycles. The molecule has 0 aliphatic carbocycles. The lowest BCUT2D eigenvalue weighted by atomic mass is 10.2. The minimum Gasteiger partial charge on any atom is -0.493 e. The predicted molar refractivity (Wildman–Crippen MR) is 107 cm³/mol. The van der Waals surface area contributed by atoms with E-state index in [9.17, 15) is 0 Å². The molecule has 0 amide bonds. The monoisotopic (exact) mass is 422 g/mol. The van der Waals surface area contributed by atoms with Gasteiger partial charge in [-0.2, -0.15) is 0 Å². The Kier molecular flexibility index (Phi) is 7.69. The van der Waals surface area contributed by atoms with E-state index in [1.807, 2.05) is 49.4 Å². The van der Waals surface area contributed by atoms with Gasteiger partial charge in [-0.3, -0.25) is 0 Å². The highest BCUT2D eigenvalue weighted by Crippen LogP contribution is 2.30. The zero-order chi connectivity index (χ0) is 18.1. The number of halogens is 1. The summed E-state index contributed by atoms with van der Waals surface area (Å²) in [5.41, 5.74) is 4.81. The van der Waals surface area contributed by atoms with Crippen molar-refractivity contribution in [2.75, 3.05) is 13.7 Å². The molecule has 0 fully saturated rings. The maximum atomic E-state index is 6.00. The maximum absolute atomic E-state index is 6.00. The fourth-order valence-electron chi connectivity index (χ4n) is 2.08. The average Bonchev–Trinajstić information content (AvgIpc) is 2.62. The van der Waals surface area contributed by atoms with Crippen molar-refractivity contribution in [1.29, 1.82) is 0 Å². The van der Waals surface area contributed by atoms with Gasteiger partial charge >= 0.3 is 0 Å². The van der Waals surface area contributed by atoms with Gasteiger partial charge in [-0.25, -0.2) is 0 Å². The third kappa shape index (κ3) is 6.03. The molecule has 2 aromatic carbocycles. The Morgan fingerprint density at radius 1 is 1.24 bits per heavy atom. The molecular formula is C18H21BrN3O2S+. The molecule has 0 bridgehead atoms. The fourth-order valence-corrected chi connectivity index (χ4v) is 2.55. The predicted octanol–water partition coefficient (Wildman–Crippen LogP) is 1.94. The van der Waals surface area contributed by atoms with Gasteiger partial charge in [0.15, 0.2) is 11.5 Å². The highest BCUT2D eigenvalue weighted by Gasteiger charge is 2.11. The van der Waals surface area contributed by atoms with E-state index in [-0.39, 0.29) is 0 Å². The third-order valence-corrected chi connectivity index (χ3v) is 4.05. The first-order valence-corrected chi connectivity index (χ1v) is 9.01. The Hall–Kier alpha value is -2.12. The number of methoxy groups -OCH3 is 1. The number of benzene rings is 2. The molecule has 2 rings (SSSR count). The number of hydrogen-bond donors (Lipinski definition) is 3. The van der Waals surface area contributed by atoms with Crippen molar-refractivity contribution in [3.63, 3.8) is 0 Å². The Balaban J connectivity index is 2.13. The van der Waals surface area contributed by atoms with E-state index < -0.39 is 0 Å². The number of hydrazine groups is 1. The van der Waals surface area contributed by atoms with E-state index >= 15 is 0 Å². The maximum Gasteiger partial charge on any atom is 0.223 e. The molecule has 0 atom stereocenters. The minimum atomic E-state index is 0.442. The van der Waals surface area contributed by atoms with Crippen LogP contribution in [0.3, 0.4) is 0 Å². The van der Waals surface area contributed by atoms with Crippen LogP contribution in [-0.4, -0.2) is 25.0 Å². The third-order valence-electron chi connectivity index (χ3n) is 3.28. The summed E-state index contributed by atoms with van der Waals surface area (Å²) in [6, 6.07) is 13.7. The summed E-state index contributed by atoms with van der Waals surface area (Å²) in [4.78, 5) is 0. The topological polar surface area (TPSA) is 56.5 Å². The van der Waals surface area contributed by atoms with Crippen molar-refractivity contribution in [3.05, 3.63) is 58.1 Å². The highest BCUT2D eigenvalue weighted by atomic mass is 79.9. The molecule has 132 valence electrons. The van der Waals surface area contributed by atoms with Gasteiger partial charge in [-0.05, 0) is 49.0 Å². The van der Waals surface area contributed by atoms with Crippen LogP contribution in [0, 0.1) is 0 Å². The van der Waals surface area contributed by atoms with Crippen LogP contribution >= 0.6 is 28.1 Å². The first-order valence-electron chi connectivity index (χ1n) is 7.81. The molecule has 0 unspecified atom stereocenters. The molecule has 7 heteroatoms. The molecule has 0 heterocycles. The van der Waals surface area contributed by atoms with E-state index in [0.717, 1.165) is 22.1 Å². The quantitative estimate of drug-likeness (QED) is 0.361. The van der Waals surface area contributed by atoms with E-state index in [2.05, 4.69) is 31.8 Å². The van der Waals surface area contributed by atoms with Gasteiger partial charge in [0.05, 0.1) is 12.7 Å². The highest BCUT2D eigenvalue weighted by molar-refractivity contribution is 9.10. The van der Waals surface area contributed by atoms with Gasteiger partial charge < -0.3 is 14.8 Å². The summed E-state index contributed by atoms with van der Waals surface area (Å²) in [5, 5.41) is 6.49. The van der Waals surface area contributed by atoms with Crippen molar-refractivity contribution in [3.8, 4) is 11.5 Å². The molecule has 0 spiro atoms. The molecule has 0 aromatic heterocycles. The normalized spacial score (nSPS) is 10.5. The molecular weight excluding hydrogens is 402 g/mol. The molecule has 3 N–H and O–H groups in total. The van der Waals surface area contributed by atoms with Gasteiger partial charge in [-0.15, -0.1) is 10.5 Å². The van der Waals surface area contributed by atoms with E-state index in [4.69, 9.17) is 21.7 Å². The van der Waals surface area contributed by atoms with E-state index in [1.165, 1.54) is 0 Å². The van der Waals surface area contributed by atoms with Gasteiger partial charge in [-0.1, -0.05) is 34.1 Å². The summed E-state index contributed by atoms with van der Waals surface area (Å²) >= 11 is 8.54. The Morgan fingerprint density at radius 3 is 2.68 bits per heavy atom. The van der Waals surface area contributed by atoms with Crippen molar-refractivity contribution in [2.24, 2.45) is 0 Å². The molecule has 5 nitrogen and oxygen atoms in total. The number of rotatable bonds is 7. The molecule has 0 aliphatic heterocycles. The van der Waals surface area contributed by atoms with Gasteiger partial charge in [0.25, 0.3) is 0 Å². The van der Waals surface area contributed by atoms with Crippen molar-refractivity contribution in [1.82, 2.24) is 10.7 Å². The van der Waals surface area contributed by atoms with Crippen LogP contribution in [0.25, 0.3) is 0 Å². The van der Waals surface area contributed by atoms with Crippen LogP contribution in [0.1, 0.15) is 18.1 Å². The SMILES string of the molecule is CCNC(=S)N[NH+]=Cc1cccc(OC)c1OCc1ccc(Br)cc1. The van der Waals surface area contributed by atoms with Crippen LogP contribution in [0.4, 0.5) is 0 Å². The van der Waals surface area contributed by atoms with Crippen LogP contribution in [0.5, 0.6) is 11.5 Å². The number of hydrazone groups is 1.